The number of rotatable bonds is 5. The van der Waals surface area contributed by atoms with Crippen LogP contribution in [0.5, 0.6) is 0 Å². The first-order chi connectivity index (χ1) is 12.7. The number of nitro benzene ring substituents is 1. The molecule has 1 heterocycles. The Morgan fingerprint density at radius 2 is 2.00 bits per heavy atom. The number of hydrogen-bond acceptors (Lipinski definition) is 5. The highest BCUT2D eigenvalue weighted by Gasteiger charge is 2.29. The zero-order valence-corrected chi connectivity index (χ0v) is 16.0. The van der Waals surface area contributed by atoms with E-state index in [1.54, 1.807) is 25.1 Å². The van der Waals surface area contributed by atoms with Gasteiger partial charge in [-0.2, -0.15) is 0 Å². The van der Waals surface area contributed by atoms with E-state index in [2.05, 4.69) is 0 Å². The van der Waals surface area contributed by atoms with Gasteiger partial charge in [-0.05, 0) is 48.2 Å². The Balaban J connectivity index is 2.26. The van der Waals surface area contributed by atoms with Crippen LogP contribution in [0.25, 0.3) is 10.1 Å². The third-order valence-corrected chi connectivity index (χ3v) is 6.15. The lowest BCUT2D eigenvalue weighted by Gasteiger charge is -2.19. The van der Waals surface area contributed by atoms with Crippen LogP contribution >= 0.6 is 22.9 Å². The Labute approximate surface area is 164 Å². The van der Waals surface area contributed by atoms with Gasteiger partial charge in [0.05, 0.1) is 10.5 Å². The molecular weight excluding hydrogens is 416 g/mol. The van der Waals surface area contributed by atoms with Gasteiger partial charge in [-0.1, -0.05) is 11.6 Å². The van der Waals surface area contributed by atoms with E-state index < -0.39 is 27.8 Å². The summed E-state index contributed by atoms with van der Waals surface area (Å²) in [7, 11) is 0. The van der Waals surface area contributed by atoms with Crippen molar-refractivity contribution in [3.63, 3.8) is 0 Å². The van der Waals surface area contributed by atoms with Crippen molar-refractivity contribution in [1.82, 2.24) is 0 Å². The molecule has 0 saturated carbocycles. The fraction of sp³-hybridized carbons (Fsp3) is 0.0625. The summed E-state index contributed by atoms with van der Waals surface area (Å²) in [5, 5.41) is 22.1. The van der Waals surface area contributed by atoms with Crippen LogP contribution in [0.2, 0.25) is 5.02 Å². The molecule has 0 fully saturated rings. The fourth-order valence-corrected chi connectivity index (χ4v) is 4.80. The number of nitrogens with zero attached hydrogens (tertiary/aromatic N) is 2. The number of halogens is 1. The second kappa shape index (κ2) is 7.24. The number of fused-ring (bicyclic) bond motifs is 1. The molecule has 2 aromatic carbocycles. The van der Waals surface area contributed by atoms with Crippen molar-refractivity contribution in [2.24, 2.45) is 0 Å². The minimum absolute atomic E-state index is 0.188. The van der Waals surface area contributed by atoms with E-state index in [1.807, 2.05) is 0 Å². The van der Waals surface area contributed by atoms with E-state index in [0.29, 0.717) is 15.6 Å². The maximum absolute atomic E-state index is 12.1. The molecule has 1 aromatic heterocycles. The maximum atomic E-state index is 12.1. The zero-order chi connectivity index (χ0) is 19.9. The van der Waals surface area contributed by atoms with Crippen LogP contribution < -0.4 is 4.31 Å². The molecule has 1 atom stereocenters. The molecule has 0 saturated heterocycles. The summed E-state index contributed by atoms with van der Waals surface area (Å²) >= 11 is 4.55. The van der Waals surface area contributed by atoms with E-state index in [1.165, 1.54) is 11.3 Å². The molecule has 0 radical (unpaired) electrons. The van der Waals surface area contributed by atoms with Gasteiger partial charge in [0, 0.05) is 15.8 Å². The largest absolute Gasteiger partial charge is 0.478 e. The van der Waals surface area contributed by atoms with Gasteiger partial charge < -0.3 is 5.11 Å². The first-order valence-electron chi connectivity index (χ1n) is 7.32. The molecule has 27 heavy (non-hydrogen) atoms. The van der Waals surface area contributed by atoms with Crippen LogP contribution in [-0.4, -0.2) is 24.8 Å². The average Bonchev–Trinajstić information content (AvgIpc) is 2.91. The topological polar surface area (TPSA) is 121 Å². The standard InChI is InChI=1S/C16H11ClN2O6S2/c1-8-11-7-10(17)3-5-14(11)26-15(8)18(27(24)25)12-4-2-9(16(20)21)6-13(12)19(22)23/h2-7H,1H3,(H,20,21)(H,24,25). The molecule has 8 nitrogen and oxygen atoms in total. The first kappa shape index (κ1) is 19.2. The van der Waals surface area contributed by atoms with Crippen LogP contribution in [-0.2, 0) is 11.3 Å². The normalized spacial score (nSPS) is 12.1. The fourth-order valence-electron chi connectivity index (χ4n) is 2.61. The van der Waals surface area contributed by atoms with Gasteiger partial charge >= 0.3 is 5.97 Å². The highest BCUT2D eigenvalue weighted by Crippen LogP contribution is 2.44. The SMILES string of the molecule is Cc1c(N(c2ccc(C(=O)O)cc2[N+](=O)[O-])S(=O)O)sc2ccc(Cl)cc12. The number of hydrogen-bond donors (Lipinski definition) is 2. The van der Waals surface area contributed by atoms with Gasteiger partial charge in [0.1, 0.15) is 10.7 Å². The molecule has 2 N–H and O–H groups in total. The molecule has 3 aromatic rings. The summed E-state index contributed by atoms with van der Waals surface area (Å²) in [5.74, 6) is -1.34. The number of carbonyl (C=O) groups is 1. The predicted molar refractivity (Wildman–Crippen MR) is 105 cm³/mol. The van der Waals surface area contributed by atoms with Crippen LogP contribution in [0.15, 0.2) is 36.4 Å². The molecule has 0 aliphatic rings. The summed E-state index contributed by atoms with van der Waals surface area (Å²) in [6, 6.07) is 8.27. The van der Waals surface area contributed by atoms with Gasteiger partial charge in [0.2, 0.25) is 0 Å². The van der Waals surface area contributed by atoms with E-state index in [4.69, 9.17) is 16.7 Å². The number of anilines is 2. The zero-order valence-electron chi connectivity index (χ0n) is 13.6. The third-order valence-electron chi connectivity index (χ3n) is 3.85. The van der Waals surface area contributed by atoms with Crippen molar-refractivity contribution in [2.45, 2.75) is 6.92 Å². The van der Waals surface area contributed by atoms with Gasteiger partial charge in [0.15, 0.2) is 0 Å². The molecule has 140 valence electrons. The minimum Gasteiger partial charge on any atom is -0.478 e. The quantitative estimate of drug-likeness (QED) is 0.345. The Kier molecular flexibility index (Phi) is 5.16. The van der Waals surface area contributed by atoms with Crippen molar-refractivity contribution in [3.05, 3.63) is 62.7 Å². The summed E-state index contributed by atoms with van der Waals surface area (Å²) in [6.07, 6.45) is 0. The molecular formula is C16H11ClN2O6S2. The van der Waals surface area contributed by atoms with Gasteiger partial charge in [-0.25, -0.2) is 13.3 Å². The number of aryl methyl sites for hydroxylation is 1. The number of benzene rings is 2. The van der Waals surface area contributed by atoms with Gasteiger partial charge in [0.25, 0.3) is 17.0 Å². The number of thiophene rings is 1. The van der Waals surface area contributed by atoms with Crippen molar-refractivity contribution < 1.29 is 23.6 Å². The number of carboxylic acids is 1. The van der Waals surface area contributed by atoms with Crippen LogP contribution in [0.1, 0.15) is 15.9 Å². The lowest BCUT2D eigenvalue weighted by Crippen LogP contribution is -2.20. The molecule has 0 bridgehead atoms. The number of aromatic carboxylic acids is 1. The summed E-state index contributed by atoms with van der Waals surface area (Å²) in [4.78, 5) is 21.8. The molecule has 0 aliphatic carbocycles. The predicted octanol–water partition coefficient (Wildman–Crippen LogP) is 4.74. The van der Waals surface area contributed by atoms with Crippen LogP contribution in [0.4, 0.5) is 16.4 Å². The second-order valence-corrected chi connectivity index (χ2v) is 7.76. The molecule has 0 aliphatic heterocycles. The molecule has 0 spiro atoms. The Morgan fingerprint density at radius 3 is 2.59 bits per heavy atom. The van der Waals surface area contributed by atoms with E-state index >= 15 is 0 Å². The van der Waals surface area contributed by atoms with Crippen molar-refractivity contribution in [3.8, 4) is 0 Å². The van der Waals surface area contributed by atoms with Gasteiger partial charge in [-0.3, -0.25) is 14.7 Å². The lowest BCUT2D eigenvalue weighted by molar-refractivity contribution is -0.384. The Morgan fingerprint density at radius 1 is 1.30 bits per heavy atom. The van der Waals surface area contributed by atoms with Crippen molar-refractivity contribution in [1.29, 1.82) is 0 Å². The number of nitro groups is 1. The third kappa shape index (κ3) is 3.52. The summed E-state index contributed by atoms with van der Waals surface area (Å²) in [6.45, 7) is 1.71. The Hall–Kier alpha value is -2.53. The monoisotopic (exact) mass is 426 g/mol. The van der Waals surface area contributed by atoms with E-state index in [-0.39, 0.29) is 11.3 Å². The summed E-state index contributed by atoms with van der Waals surface area (Å²) < 4.78 is 23.6. The second-order valence-electron chi connectivity index (χ2n) is 5.46. The smallest absolute Gasteiger partial charge is 0.335 e. The van der Waals surface area contributed by atoms with Crippen molar-refractivity contribution >= 4 is 66.6 Å². The lowest BCUT2D eigenvalue weighted by atomic mass is 10.1. The maximum Gasteiger partial charge on any atom is 0.335 e. The minimum atomic E-state index is -2.63. The molecule has 0 amide bonds. The molecule has 1 unspecified atom stereocenters. The first-order valence-corrected chi connectivity index (χ1v) is 9.58. The van der Waals surface area contributed by atoms with Crippen molar-refractivity contribution in [2.75, 3.05) is 4.31 Å². The van der Waals surface area contributed by atoms with Crippen LogP contribution in [0.3, 0.4) is 0 Å². The Bertz CT molecular complexity index is 1110. The highest BCUT2D eigenvalue weighted by molar-refractivity contribution is 7.81. The van der Waals surface area contributed by atoms with E-state index in [9.17, 15) is 23.7 Å². The molecule has 3 rings (SSSR count). The number of carboxylic acid groups (broad SMARTS) is 1. The van der Waals surface area contributed by atoms with Gasteiger partial charge in [-0.15, -0.1) is 11.3 Å². The van der Waals surface area contributed by atoms with Crippen LogP contribution in [0, 0.1) is 17.0 Å². The van der Waals surface area contributed by atoms with E-state index in [0.717, 1.165) is 32.6 Å². The molecule has 11 heteroatoms. The summed E-state index contributed by atoms with van der Waals surface area (Å²) in [5.41, 5.74) is -0.454. The average molecular weight is 427 g/mol. The highest BCUT2D eigenvalue weighted by atomic mass is 35.5.